The van der Waals surface area contributed by atoms with E-state index in [1.807, 2.05) is 6.92 Å². The number of hydrogen-bond acceptors (Lipinski definition) is 3. The molecule has 110 valence electrons. The van der Waals surface area contributed by atoms with Crippen LogP contribution in [0.15, 0.2) is 34.8 Å². The maximum absolute atomic E-state index is 10.9. The molecule has 0 aliphatic rings. The number of nitrogens with one attached hydrogen (secondary N) is 1. The smallest absolute Gasteiger partial charge is 0.283 e. The van der Waals surface area contributed by atoms with Crippen molar-refractivity contribution in [3.05, 3.63) is 66.1 Å². The van der Waals surface area contributed by atoms with E-state index < -0.39 is 4.92 Å². The number of nitrogens with zero attached hydrogens (tertiary/aromatic N) is 1. The van der Waals surface area contributed by atoms with E-state index >= 15 is 0 Å². The molecule has 2 aromatic rings. The molecular weight excluding hydrogens is 379 g/mol. The molecule has 0 aliphatic carbocycles. The Morgan fingerprint density at radius 2 is 2.00 bits per heavy atom. The fourth-order valence-electron chi connectivity index (χ4n) is 1.82. The Balaban J connectivity index is 2.23. The zero-order valence-corrected chi connectivity index (χ0v) is 14.1. The number of benzene rings is 2. The molecular formula is C14H11BrCl2N2O2. The maximum atomic E-state index is 10.9. The van der Waals surface area contributed by atoms with Crippen molar-refractivity contribution < 1.29 is 4.92 Å². The van der Waals surface area contributed by atoms with Gasteiger partial charge in [-0.15, -0.1) is 0 Å². The van der Waals surface area contributed by atoms with E-state index in [4.69, 9.17) is 23.2 Å². The molecule has 0 spiro atoms. The monoisotopic (exact) mass is 388 g/mol. The average molecular weight is 390 g/mol. The third-order valence-corrected chi connectivity index (χ3v) is 4.61. The van der Waals surface area contributed by atoms with Crippen molar-refractivity contribution >= 4 is 50.5 Å². The van der Waals surface area contributed by atoms with E-state index in [9.17, 15) is 10.1 Å². The minimum atomic E-state index is -0.427. The van der Waals surface area contributed by atoms with Gasteiger partial charge in [-0.25, -0.2) is 0 Å². The van der Waals surface area contributed by atoms with Crippen LogP contribution in [0, 0.1) is 17.0 Å². The topological polar surface area (TPSA) is 55.2 Å². The van der Waals surface area contributed by atoms with Crippen LogP contribution in [0.3, 0.4) is 0 Å². The Morgan fingerprint density at radius 3 is 2.67 bits per heavy atom. The van der Waals surface area contributed by atoms with E-state index in [1.54, 1.807) is 24.3 Å². The van der Waals surface area contributed by atoms with Crippen molar-refractivity contribution in [1.29, 1.82) is 0 Å². The first kappa shape index (κ1) is 16.1. The summed E-state index contributed by atoms with van der Waals surface area (Å²) < 4.78 is 0.455. The Morgan fingerprint density at radius 1 is 1.29 bits per heavy atom. The summed E-state index contributed by atoms with van der Waals surface area (Å²) in [6.45, 7) is 2.26. The normalized spacial score (nSPS) is 10.5. The van der Waals surface area contributed by atoms with Gasteiger partial charge in [0.25, 0.3) is 5.69 Å². The van der Waals surface area contributed by atoms with E-state index in [0.717, 1.165) is 11.1 Å². The maximum Gasteiger partial charge on any atom is 0.283 e. The van der Waals surface area contributed by atoms with Gasteiger partial charge in [0, 0.05) is 17.6 Å². The van der Waals surface area contributed by atoms with E-state index in [2.05, 4.69) is 21.2 Å². The average Bonchev–Trinajstić information content (AvgIpc) is 2.42. The standard InChI is InChI=1S/C14H11BrCl2N2O2/c1-8-5-11(17)12(6-10(8)16)18-7-9-3-2-4-13(14(9)15)19(20)21/h2-6,18H,7H2,1H3. The Bertz CT molecular complexity index is 708. The molecule has 0 saturated heterocycles. The van der Waals surface area contributed by atoms with Crippen LogP contribution >= 0.6 is 39.1 Å². The zero-order chi connectivity index (χ0) is 15.6. The number of nitro groups is 1. The van der Waals surface area contributed by atoms with Crippen LogP contribution < -0.4 is 5.32 Å². The van der Waals surface area contributed by atoms with Gasteiger partial charge in [0.1, 0.15) is 4.47 Å². The van der Waals surface area contributed by atoms with Crippen molar-refractivity contribution in [2.45, 2.75) is 13.5 Å². The molecule has 0 aliphatic heterocycles. The van der Waals surface area contributed by atoms with Gasteiger partial charge in [0.05, 0.1) is 15.6 Å². The van der Waals surface area contributed by atoms with Gasteiger partial charge >= 0.3 is 0 Å². The summed E-state index contributed by atoms with van der Waals surface area (Å²) in [6, 6.07) is 8.40. The van der Waals surface area contributed by atoms with Crippen molar-refractivity contribution in [1.82, 2.24) is 0 Å². The summed E-state index contributed by atoms with van der Waals surface area (Å²) in [4.78, 5) is 10.5. The fraction of sp³-hybridized carbons (Fsp3) is 0.143. The van der Waals surface area contributed by atoms with Crippen molar-refractivity contribution in [3.63, 3.8) is 0 Å². The molecule has 21 heavy (non-hydrogen) atoms. The van der Waals surface area contributed by atoms with Gasteiger partial charge in [-0.1, -0.05) is 35.3 Å². The SMILES string of the molecule is Cc1cc(Cl)c(NCc2cccc([N+](=O)[O-])c2Br)cc1Cl. The molecule has 0 bridgehead atoms. The van der Waals surface area contributed by atoms with Gasteiger partial charge in [-0.3, -0.25) is 10.1 Å². The first-order chi connectivity index (χ1) is 9.90. The van der Waals surface area contributed by atoms with Crippen molar-refractivity contribution in [2.24, 2.45) is 0 Å². The minimum Gasteiger partial charge on any atom is -0.380 e. The van der Waals surface area contributed by atoms with Gasteiger partial charge in [-0.05, 0) is 46.1 Å². The number of anilines is 1. The summed E-state index contributed by atoms with van der Waals surface area (Å²) in [7, 11) is 0. The van der Waals surface area contributed by atoms with Crippen LogP contribution in [-0.4, -0.2) is 4.92 Å². The third-order valence-electron chi connectivity index (χ3n) is 2.97. The summed E-state index contributed by atoms with van der Waals surface area (Å²) in [5.41, 5.74) is 2.37. The summed E-state index contributed by atoms with van der Waals surface area (Å²) >= 11 is 15.5. The second kappa shape index (κ2) is 6.64. The Hall–Kier alpha value is -1.30. The summed E-state index contributed by atoms with van der Waals surface area (Å²) in [5, 5.41) is 15.2. The second-order valence-corrected chi connectivity index (χ2v) is 6.05. The molecule has 0 unspecified atom stereocenters. The summed E-state index contributed by atoms with van der Waals surface area (Å²) in [5.74, 6) is 0. The van der Waals surface area contributed by atoms with Crippen LogP contribution in [-0.2, 0) is 6.54 Å². The van der Waals surface area contributed by atoms with E-state index in [0.29, 0.717) is 26.8 Å². The molecule has 1 N–H and O–H groups in total. The molecule has 0 atom stereocenters. The van der Waals surface area contributed by atoms with Crippen LogP contribution in [0.1, 0.15) is 11.1 Å². The molecule has 0 fully saturated rings. The lowest BCUT2D eigenvalue weighted by Crippen LogP contribution is -2.02. The molecule has 0 heterocycles. The lowest BCUT2D eigenvalue weighted by molar-refractivity contribution is -0.385. The molecule has 2 rings (SSSR count). The first-order valence-electron chi connectivity index (χ1n) is 6.01. The molecule has 2 aromatic carbocycles. The zero-order valence-electron chi connectivity index (χ0n) is 11.0. The van der Waals surface area contributed by atoms with Gasteiger partial charge in [-0.2, -0.15) is 0 Å². The first-order valence-corrected chi connectivity index (χ1v) is 7.56. The van der Waals surface area contributed by atoms with Crippen LogP contribution in [0.25, 0.3) is 0 Å². The fourth-order valence-corrected chi connectivity index (χ4v) is 2.81. The van der Waals surface area contributed by atoms with Crippen molar-refractivity contribution in [2.75, 3.05) is 5.32 Å². The minimum absolute atomic E-state index is 0.0299. The molecule has 0 amide bonds. The largest absolute Gasteiger partial charge is 0.380 e. The molecule has 0 saturated carbocycles. The predicted molar refractivity (Wildman–Crippen MR) is 89.3 cm³/mol. The van der Waals surface area contributed by atoms with Gasteiger partial charge in [0.15, 0.2) is 0 Å². The molecule has 0 radical (unpaired) electrons. The molecule has 7 heteroatoms. The molecule has 4 nitrogen and oxygen atoms in total. The number of nitro benzene ring substituents is 1. The predicted octanol–water partition coefficient (Wildman–Crippen LogP) is 5.58. The highest BCUT2D eigenvalue weighted by atomic mass is 79.9. The number of rotatable bonds is 4. The number of aryl methyl sites for hydroxylation is 1. The second-order valence-electron chi connectivity index (χ2n) is 4.44. The summed E-state index contributed by atoms with van der Waals surface area (Å²) in [6.07, 6.45) is 0. The Kier molecular flexibility index (Phi) is 5.08. The quantitative estimate of drug-likeness (QED) is 0.548. The van der Waals surface area contributed by atoms with Gasteiger partial charge in [0.2, 0.25) is 0 Å². The molecule has 0 aromatic heterocycles. The highest BCUT2D eigenvalue weighted by Gasteiger charge is 2.15. The lowest BCUT2D eigenvalue weighted by atomic mass is 10.2. The lowest BCUT2D eigenvalue weighted by Gasteiger charge is -2.11. The van der Waals surface area contributed by atoms with E-state index in [-0.39, 0.29) is 5.69 Å². The Labute approximate surface area is 140 Å². The third kappa shape index (κ3) is 3.67. The number of halogens is 3. The highest BCUT2D eigenvalue weighted by Crippen LogP contribution is 2.31. The van der Waals surface area contributed by atoms with Crippen LogP contribution in [0.5, 0.6) is 0 Å². The van der Waals surface area contributed by atoms with Crippen LogP contribution in [0.2, 0.25) is 10.0 Å². The van der Waals surface area contributed by atoms with Crippen LogP contribution in [0.4, 0.5) is 11.4 Å². The van der Waals surface area contributed by atoms with Gasteiger partial charge < -0.3 is 5.32 Å². The number of hydrogen-bond donors (Lipinski definition) is 1. The highest BCUT2D eigenvalue weighted by molar-refractivity contribution is 9.10. The van der Waals surface area contributed by atoms with E-state index in [1.165, 1.54) is 6.07 Å². The van der Waals surface area contributed by atoms with Crippen molar-refractivity contribution in [3.8, 4) is 0 Å².